The number of carbonyl (C=O) groups is 2. The summed E-state index contributed by atoms with van der Waals surface area (Å²) < 4.78 is 0. The predicted molar refractivity (Wildman–Crippen MR) is 37.1 cm³/mol. The van der Waals surface area contributed by atoms with Gasteiger partial charge in [0, 0.05) is 11.5 Å². The van der Waals surface area contributed by atoms with E-state index in [1.165, 1.54) is 0 Å². The molecule has 2 unspecified atom stereocenters. The van der Waals surface area contributed by atoms with Crippen molar-refractivity contribution >= 4 is 11.9 Å². The number of rotatable bonds is 3. The number of azide groups is 1. The maximum absolute atomic E-state index is 10.7. The second kappa shape index (κ2) is 3.10. The zero-order valence-corrected chi connectivity index (χ0v) is 5.97. The summed E-state index contributed by atoms with van der Waals surface area (Å²) in [5.41, 5.74) is 7.93. The molecule has 1 fully saturated rings. The topological polar surface area (TPSA) is 115 Å². The molecule has 1 aliphatic rings. The molecule has 1 aliphatic heterocycles. The Hall–Kier alpha value is -1.75. The fraction of sp³-hybridized carbons (Fsp3) is 0.600. The van der Waals surface area contributed by atoms with Gasteiger partial charge in [-0.25, -0.2) is 4.79 Å². The third-order valence-corrected chi connectivity index (χ3v) is 1.64. The van der Waals surface area contributed by atoms with E-state index in [1.807, 2.05) is 0 Å². The van der Waals surface area contributed by atoms with Gasteiger partial charge in [0.25, 0.3) is 0 Å². The normalized spacial score (nSPS) is 26.5. The monoisotopic (exact) mass is 170 g/mol. The van der Waals surface area contributed by atoms with E-state index in [9.17, 15) is 9.59 Å². The molecule has 1 rings (SSSR count). The van der Waals surface area contributed by atoms with Crippen molar-refractivity contribution in [3.8, 4) is 0 Å². The predicted octanol–water partition coefficient (Wildman–Crippen LogP) is -0.504. The molecule has 1 amide bonds. The van der Waals surface area contributed by atoms with Crippen molar-refractivity contribution in [2.75, 3.05) is 6.54 Å². The summed E-state index contributed by atoms with van der Waals surface area (Å²) in [6.45, 7) is -0.0979. The first-order valence-corrected chi connectivity index (χ1v) is 3.21. The van der Waals surface area contributed by atoms with Crippen LogP contribution in [0.3, 0.4) is 0 Å². The molecular formula is C5H6N4O3. The number of β-lactam (4-membered cyclic amide) rings is 1. The Morgan fingerprint density at radius 1 is 1.83 bits per heavy atom. The van der Waals surface area contributed by atoms with Crippen molar-refractivity contribution in [2.24, 2.45) is 11.0 Å². The van der Waals surface area contributed by atoms with Gasteiger partial charge in [-0.1, -0.05) is 5.11 Å². The lowest BCUT2D eigenvalue weighted by molar-refractivity contribution is -0.152. The zero-order valence-electron chi connectivity index (χ0n) is 5.97. The van der Waals surface area contributed by atoms with Crippen LogP contribution in [0.5, 0.6) is 0 Å². The maximum atomic E-state index is 10.7. The lowest BCUT2D eigenvalue weighted by atomic mass is 9.91. The summed E-state index contributed by atoms with van der Waals surface area (Å²) in [4.78, 5) is 23.5. The molecule has 2 atom stereocenters. The summed E-state index contributed by atoms with van der Waals surface area (Å²) in [6.07, 6.45) is 0. The second-order valence-electron chi connectivity index (χ2n) is 2.34. The molecule has 1 saturated heterocycles. The van der Waals surface area contributed by atoms with Gasteiger partial charge in [-0.15, -0.1) is 0 Å². The fourth-order valence-corrected chi connectivity index (χ4v) is 0.963. The first-order valence-electron chi connectivity index (χ1n) is 3.21. The summed E-state index contributed by atoms with van der Waals surface area (Å²) in [7, 11) is 0. The van der Waals surface area contributed by atoms with Crippen LogP contribution in [0.25, 0.3) is 10.4 Å². The lowest BCUT2D eigenvalue weighted by Crippen LogP contribution is -2.62. The van der Waals surface area contributed by atoms with Gasteiger partial charge in [-0.2, -0.15) is 0 Å². The number of hydrogen-bond acceptors (Lipinski definition) is 3. The maximum Gasteiger partial charge on any atom is 0.327 e. The quantitative estimate of drug-likeness (QED) is 0.257. The van der Waals surface area contributed by atoms with E-state index in [4.69, 9.17) is 10.6 Å². The van der Waals surface area contributed by atoms with E-state index < -0.39 is 17.9 Å². The van der Waals surface area contributed by atoms with Gasteiger partial charge in [-0.3, -0.25) is 4.79 Å². The minimum absolute atomic E-state index is 0.0979. The van der Waals surface area contributed by atoms with Crippen LogP contribution in [0, 0.1) is 5.92 Å². The molecular weight excluding hydrogens is 164 g/mol. The Morgan fingerprint density at radius 2 is 2.50 bits per heavy atom. The van der Waals surface area contributed by atoms with E-state index >= 15 is 0 Å². The molecule has 0 aromatic rings. The number of aliphatic carboxylic acids is 1. The summed E-state index contributed by atoms with van der Waals surface area (Å²) >= 11 is 0. The van der Waals surface area contributed by atoms with Crippen LogP contribution >= 0.6 is 0 Å². The van der Waals surface area contributed by atoms with Crippen molar-refractivity contribution < 1.29 is 14.7 Å². The third-order valence-electron chi connectivity index (χ3n) is 1.64. The molecule has 64 valence electrons. The zero-order chi connectivity index (χ0) is 9.14. The average molecular weight is 170 g/mol. The first-order chi connectivity index (χ1) is 5.66. The molecule has 0 spiro atoms. The van der Waals surface area contributed by atoms with Crippen molar-refractivity contribution in [2.45, 2.75) is 6.04 Å². The van der Waals surface area contributed by atoms with Crippen LogP contribution in [0.1, 0.15) is 0 Å². The number of hydrogen-bond donors (Lipinski definition) is 2. The first kappa shape index (κ1) is 8.35. The molecule has 0 aromatic carbocycles. The minimum atomic E-state index is -1.10. The Bertz CT molecular complexity index is 270. The average Bonchev–Trinajstić information content (AvgIpc) is 2.00. The Balaban J connectivity index is 2.55. The number of nitrogens with zero attached hydrogens (tertiary/aromatic N) is 3. The fourth-order valence-electron chi connectivity index (χ4n) is 0.963. The number of amides is 1. The molecule has 1 heterocycles. The number of nitrogens with one attached hydrogen (secondary N) is 1. The van der Waals surface area contributed by atoms with Gasteiger partial charge in [0.05, 0.1) is 5.92 Å². The Morgan fingerprint density at radius 3 is 2.92 bits per heavy atom. The molecule has 12 heavy (non-hydrogen) atoms. The highest BCUT2D eigenvalue weighted by molar-refractivity contribution is 5.96. The molecule has 2 N–H and O–H groups in total. The van der Waals surface area contributed by atoms with E-state index in [-0.39, 0.29) is 12.5 Å². The molecule has 0 aliphatic carbocycles. The molecule has 7 heteroatoms. The van der Waals surface area contributed by atoms with Gasteiger partial charge in [-0.05, 0) is 5.53 Å². The van der Waals surface area contributed by atoms with Crippen molar-refractivity contribution in [1.29, 1.82) is 0 Å². The largest absolute Gasteiger partial charge is 0.480 e. The van der Waals surface area contributed by atoms with Gasteiger partial charge in [0.15, 0.2) is 0 Å². The smallest absolute Gasteiger partial charge is 0.327 e. The van der Waals surface area contributed by atoms with Gasteiger partial charge < -0.3 is 10.4 Å². The van der Waals surface area contributed by atoms with E-state index in [0.717, 1.165) is 0 Å². The minimum Gasteiger partial charge on any atom is -0.480 e. The second-order valence-corrected chi connectivity index (χ2v) is 2.34. The van der Waals surface area contributed by atoms with Gasteiger partial charge in [0.2, 0.25) is 5.91 Å². The lowest BCUT2D eigenvalue weighted by Gasteiger charge is -2.32. The summed E-state index contributed by atoms with van der Waals surface area (Å²) in [5, 5.41) is 13.8. The summed E-state index contributed by atoms with van der Waals surface area (Å²) in [6, 6.07) is -0.900. The number of carbonyl (C=O) groups excluding carboxylic acids is 1. The standard InChI is InChI=1S/C5H6N4O3/c6-9-7-1-2-3(5(11)12)8-4(2)10/h2-3H,1H2,(H,8,10)(H,11,12). The molecule has 7 nitrogen and oxygen atoms in total. The number of carboxylic acid groups (broad SMARTS) is 1. The third kappa shape index (κ3) is 1.30. The van der Waals surface area contributed by atoms with Gasteiger partial charge >= 0.3 is 5.97 Å². The molecule has 0 aromatic heterocycles. The molecule has 0 saturated carbocycles. The van der Waals surface area contributed by atoms with Crippen molar-refractivity contribution in [3.05, 3.63) is 10.4 Å². The Kier molecular flexibility index (Phi) is 2.16. The highest BCUT2D eigenvalue weighted by Crippen LogP contribution is 2.15. The van der Waals surface area contributed by atoms with Crippen LogP contribution in [0.2, 0.25) is 0 Å². The van der Waals surface area contributed by atoms with Crippen LogP contribution in [-0.4, -0.2) is 29.6 Å². The van der Waals surface area contributed by atoms with Crippen LogP contribution in [0.4, 0.5) is 0 Å². The van der Waals surface area contributed by atoms with Crippen LogP contribution in [-0.2, 0) is 9.59 Å². The highest BCUT2D eigenvalue weighted by atomic mass is 16.4. The van der Waals surface area contributed by atoms with Crippen LogP contribution in [0.15, 0.2) is 5.11 Å². The van der Waals surface area contributed by atoms with Crippen molar-refractivity contribution in [1.82, 2.24) is 5.32 Å². The van der Waals surface area contributed by atoms with Crippen LogP contribution < -0.4 is 5.32 Å². The van der Waals surface area contributed by atoms with E-state index in [2.05, 4.69) is 15.3 Å². The molecule has 0 bridgehead atoms. The highest BCUT2D eigenvalue weighted by Gasteiger charge is 2.43. The number of carboxylic acids is 1. The SMILES string of the molecule is [N-]=[N+]=NCC1C(=O)NC1C(=O)O. The van der Waals surface area contributed by atoms with Crippen molar-refractivity contribution in [3.63, 3.8) is 0 Å². The molecule has 0 radical (unpaired) electrons. The Labute approximate surface area is 67.0 Å². The van der Waals surface area contributed by atoms with E-state index in [0.29, 0.717) is 0 Å². The summed E-state index contributed by atoms with van der Waals surface area (Å²) in [5.74, 6) is -2.19. The van der Waals surface area contributed by atoms with Gasteiger partial charge in [0.1, 0.15) is 6.04 Å². The van der Waals surface area contributed by atoms with E-state index in [1.54, 1.807) is 0 Å².